The standard InChI is InChI=1S/C21H15BrN4O2S/c22-17-6-1-4-15(10-17)11-19-20(27)26(14-18-7-3-9-28-18)21(29-19)25-24-13-16-5-2-8-23-12-16/h1-13H,14H2/b19-11-,24-13+,25-21-. The van der Waals surface area contributed by atoms with Gasteiger partial charge in [-0.2, -0.15) is 5.10 Å². The van der Waals surface area contributed by atoms with Gasteiger partial charge in [-0.1, -0.05) is 34.1 Å². The summed E-state index contributed by atoms with van der Waals surface area (Å²) in [7, 11) is 0. The number of hydrogen-bond donors (Lipinski definition) is 0. The molecule has 144 valence electrons. The number of aromatic nitrogens is 1. The van der Waals surface area contributed by atoms with E-state index in [4.69, 9.17) is 4.42 Å². The minimum atomic E-state index is -0.137. The van der Waals surface area contributed by atoms with Gasteiger partial charge in [0.15, 0.2) is 5.17 Å². The van der Waals surface area contributed by atoms with Crippen molar-refractivity contribution in [2.45, 2.75) is 6.54 Å². The molecule has 0 aliphatic carbocycles. The lowest BCUT2D eigenvalue weighted by Gasteiger charge is -2.12. The van der Waals surface area contributed by atoms with Gasteiger partial charge >= 0.3 is 0 Å². The third-order valence-corrected chi connectivity index (χ3v) is 5.45. The Morgan fingerprint density at radius 3 is 2.83 bits per heavy atom. The zero-order valence-electron chi connectivity index (χ0n) is 15.1. The van der Waals surface area contributed by atoms with Crippen LogP contribution in [0.15, 0.2) is 91.2 Å². The summed E-state index contributed by atoms with van der Waals surface area (Å²) in [6, 6.07) is 15.1. The number of amidine groups is 1. The topological polar surface area (TPSA) is 71.1 Å². The number of hydrogen-bond acceptors (Lipinski definition) is 6. The summed E-state index contributed by atoms with van der Waals surface area (Å²) in [4.78, 5) is 19.2. The van der Waals surface area contributed by atoms with Gasteiger partial charge in [0.05, 0.1) is 23.9 Å². The molecule has 1 saturated heterocycles. The lowest BCUT2D eigenvalue weighted by atomic mass is 10.2. The molecule has 3 aromatic rings. The average Bonchev–Trinajstić information content (AvgIpc) is 3.33. The minimum Gasteiger partial charge on any atom is -0.467 e. The lowest BCUT2D eigenvalue weighted by Crippen LogP contribution is -2.28. The number of carbonyl (C=O) groups excluding carboxylic acids is 1. The average molecular weight is 467 g/mol. The Bertz CT molecular complexity index is 1090. The molecule has 0 N–H and O–H groups in total. The van der Waals surface area contributed by atoms with Gasteiger partial charge in [-0.3, -0.25) is 14.7 Å². The predicted molar refractivity (Wildman–Crippen MR) is 118 cm³/mol. The van der Waals surface area contributed by atoms with Crippen molar-refractivity contribution in [3.8, 4) is 0 Å². The maximum atomic E-state index is 13.0. The second-order valence-electron chi connectivity index (χ2n) is 6.05. The molecule has 4 rings (SSSR count). The van der Waals surface area contributed by atoms with E-state index >= 15 is 0 Å². The fourth-order valence-corrected chi connectivity index (χ4v) is 3.98. The summed E-state index contributed by atoms with van der Waals surface area (Å²) in [5, 5.41) is 8.90. The van der Waals surface area contributed by atoms with Crippen LogP contribution in [-0.4, -0.2) is 27.2 Å². The summed E-state index contributed by atoms with van der Waals surface area (Å²) < 4.78 is 6.35. The molecule has 6 nitrogen and oxygen atoms in total. The second-order valence-corrected chi connectivity index (χ2v) is 7.97. The van der Waals surface area contributed by atoms with Crippen LogP contribution >= 0.6 is 27.7 Å². The molecule has 1 aromatic carbocycles. The fourth-order valence-electron chi connectivity index (χ4n) is 2.63. The molecule has 8 heteroatoms. The summed E-state index contributed by atoms with van der Waals surface area (Å²) >= 11 is 4.74. The summed E-state index contributed by atoms with van der Waals surface area (Å²) in [6.45, 7) is 0.288. The first-order valence-corrected chi connectivity index (χ1v) is 10.3. The van der Waals surface area contributed by atoms with Crippen LogP contribution in [0.4, 0.5) is 0 Å². The predicted octanol–water partition coefficient (Wildman–Crippen LogP) is 4.94. The summed E-state index contributed by atoms with van der Waals surface area (Å²) in [6.07, 6.45) is 8.42. The van der Waals surface area contributed by atoms with Crippen molar-refractivity contribution in [3.63, 3.8) is 0 Å². The highest BCUT2D eigenvalue weighted by atomic mass is 79.9. The molecule has 0 saturated carbocycles. The zero-order valence-corrected chi connectivity index (χ0v) is 17.5. The molecule has 0 atom stereocenters. The van der Waals surface area contributed by atoms with Crippen molar-refractivity contribution >= 4 is 51.1 Å². The third-order valence-electron chi connectivity index (χ3n) is 3.96. The second kappa shape index (κ2) is 9.02. The highest BCUT2D eigenvalue weighted by Crippen LogP contribution is 2.34. The van der Waals surface area contributed by atoms with Crippen LogP contribution in [0.2, 0.25) is 0 Å². The fraction of sp³-hybridized carbons (Fsp3) is 0.0476. The molecular formula is C21H15BrN4O2S. The normalized spacial score (nSPS) is 17.1. The van der Waals surface area contributed by atoms with Crippen molar-refractivity contribution in [2.24, 2.45) is 10.2 Å². The van der Waals surface area contributed by atoms with Crippen LogP contribution in [0.3, 0.4) is 0 Å². The van der Waals surface area contributed by atoms with Crippen LogP contribution in [0, 0.1) is 0 Å². The number of thioether (sulfide) groups is 1. The number of halogens is 1. The largest absolute Gasteiger partial charge is 0.467 e. The minimum absolute atomic E-state index is 0.137. The molecule has 3 heterocycles. The SMILES string of the molecule is O=C1/C(=C/c2cccc(Br)c2)S/C(=N\N=C\c2cccnc2)N1Cc1ccco1. The molecule has 1 aliphatic heterocycles. The number of nitrogens with zero attached hydrogens (tertiary/aromatic N) is 4. The van der Waals surface area contributed by atoms with Gasteiger partial charge in [0.1, 0.15) is 5.76 Å². The van der Waals surface area contributed by atoms with E-state index in [1.165, 1.54) is 11.8 Å². The summed E-state index contributed by atoms with van der Waals surface area (Å²) in [5.41, 5.74) is 1.75. The number of carbonyl (C=O) groups is 1. The molecule has 29 heavy (non-hydrogen) atoms. The maximum Gasteiger partial charge on any atom is 0.267 e. The summed E-state index contributed by atoms with van der Waals surface area (Å²) in [5.74, 6) is 0.535. The molecule has 0 bridgehead atoms. The van der Waals surface area contributed by atoms with Crippen LogP contribution in [0.5, 0.6) is 0 Å². The van der Waals surface area contributed by atoms with E-state index in [9.17, 15) is 4.79 Å². The Morgan fingerprint density at radius 2 is 2.07 bits per heavy atom. The maximum absolute atomic E-state index is 13.0. The smallest absolute Gasteiger partial charge is 0.267 e. The van der Waals surface area contributed by atoms with E-state index in [0.29, 0.717) is 15.8 Å². The van der Waals surface area contributed by atoms with Gasteiger partial charge < -0.3 is 4.42 Å². The van der Waals surface area contributed by atoms with E-state index in [-0.39, 0.29) is 12.5 Å². The van der Waals surface area contributed by atoms with Gasteiger partial charge in [-0.15, -0.1) is 5.10 Å². The van der Waals surface area contributed by atoms with Gasteiger partial charge in [0.2, 0.25) is 0 Å². The van der Waals surface area contributed by atoms with Gasteiger partial charge in [-0.05, 0) is 53.7 Å². The van der Waals surface area contributed by atoms with E-state index in [2.05, 4.69) is 31.1 Å². The highest BCUT2D eigenvalue weighted by Gasteiger charge is 2.34. The Hall–Kier alpha value is -2.97. The van der Waals surface area contributed by atoms with E-state index in [1.807, 2.05) is 48.5 Å². The molecule has 1 aliphatic rings. The van der Waals surface area contributed by atoms with Crippen molar-refractivity contribution < 1.29 is 9.21 Å². The first-order chi connectivity index (χ1) is 14.2. The van der Waals surface area contributed by atoms with Gasteiger partial charge in [0, 0.05) is 22.4 Å². The Morgan fingerprint density at radius 1 is 1.17 bits per heavy atom. The molecular weight excluding hydrogens is 452 g/mol. The molecule has 0 spiro atoms. The number of pyridine rings is 1. The zero-order chi connectivity index (χ0) is 20.1. The highest BCUT2D eigenvalue weighted by molar-refractivity contribution is 9.10. The Labute approximate surface area is 180 Å². The molecule has 1 amide bonds. The number of amides is 1. The van der Waals surface area contributed by atoms with Gasteiger partial charge in [0.25, 0.3) is 5.91 Å². The number of rotatable bonds is 5. The molecule has 0 radical (unpaired) electrons. The van der Waals surface area contributed by atoms with Crippen LogP contribution in [0.25, 0.3) is 6.08 Å². The van der Waals surface area contributed by atoms with E-state index in [1.54, 1.807) is 35.8 Å². The first kappa shape index (κ1) is 19.4. The Balaban J connectivity index is 1.62. The van der Waals surface area contributed by atoms with Crippen molar-refractivity contribution in [2.75, 3.05) is 0 Å². The molecule has 0 unspecified atom stereocenters. The van der Waals surface area contributed by atoms with E-state index < -0.39 is 0 Å². The van der Waals surface area contributed by atoms with Gasteiger partial charge in [-0.25, -0.2) is 0 Å². The lowest BCUT2D eigenvalue weighted by molar-refractivity contribution is -0.122. The third kappa shape index (κ3) is 4.90. The number of benzene rings is 1. The first-order valence-electron chi connectivity index (χ1n) is 8.69. The van der Waals surface area contributed by atoms with Crippen LogP contribution in [-0.2, 0) is 11.3 Å². The monoisotopic (exact) mass is 466 g/mol. The number of furan rings is 1. The van der Waals surface area contributed by atoms with E-state index in [0.717, 1.165) is 15.6 Å². The van der Waals surface area contributed by atoms with Crippen LogP contribution < -0.4 is 0 Å². The quantitative estimate of drug-likeness (QED) is 0.303. The Kier molecular flexibility index (Phi) is 6.02. The molecule has 1 fully saturated rings. The van der Waals surface area contributed by atoms with Crippen molar-refractivity contribution in [1.82, 2.24) is 9.88 Å². The van der Waals surface area contributed by atoms with Crippen molar-refractivity contribution in [1.29, 1.82) is 0 Å². The van der Waals surface area contributed by atoms with Crippen LogP contribution in [0.1, 0.15) is 16.9 Å². The van der Waals surface area contributed by atoms with Crippen molar-refractivity contribution in [3.05, 3.63) is 93.5 Å². The molecule has 2 aromatic heterocycles.